The number of benzene rings is 2. The Kier molecular flexibility index (Phi) is 6.89. The molecule has 3 rings (SSSR count). The number of amides is 2. The number of hydrogen-bond acceptors (Lipinski definition) is 5. The first-order valence-electron chi connectivity index (χ1n) is 9.82. The number of aromatic nitrogens is 2. The average molecular weight is 439 g/mol. The molecule has 0 bridgehead atoms. The van der Waals surface area contributed by atoms with Crippen LogP contribution in [-0.4, -0.2) is 32.4 Å². The summed E-state index contributed by atoms with van der Waals surface area (Å²) in [5.41, 5.74) is 0.152. The zero-order valence-corrected chi connectivity index (χ0v) is 17.9. The van der Waals surface area contributed by atoms with Crippen molar-refractivity contribution in [3.63, 3.8) is 0 Å². The van der Waals surface area contributed by atoms with Gasteiger partial charge in [-0.05, 0) is 62.7 Å². The standard InChI is InChI=1S/C23H23F2N5O2/c1-15(23(2,3)32)28-21-26-12-11-20(29-21)30(19-9-7-17(24)8-10-19)22(31)27-14-16-5-4-6-18(25)13-16/h4-13,32H,14H2,1-3H3,(H,27,31). The zero-order chi connectivity index (χ0) is 23.3. The molecule has 0 radical (unpaired) electrons. The van der Waals surface area contributed by atoms with Crippen LogP contribution in [-0.2, 0) is 6.54 Å². The minimum atomic E-state index is -1.17. The molecule has 0 spiro atoms. The summed E-state index contributed by atoms with van der Waals surface area (Å²) in [6, 6.07) is 12.1. The molecule has 7 nitrogen and oxygen atoms in total. The summed E-state index contributed by atoms with van der Waals surface area (Å²) in [4.78, 5) is 26.9. The number of nitrogens with zero attached hydrogens (tertiary/aromatic N) is 4. The van der Waals surface area contributed by atoms with E-state index in [4.69, 9.17) is 0 Å². The third-order valence-electron chi connectivity index (χ3n) is 4.63. The molecule has 2 N–H and O–H groups in total. The van der Waals surface area contributed by atoms with E-state index in [1.807, 2.05) is 0 Å². The first-order chi connectivity index (χ1) is 15.1. The molecule has 0 unspecified atom stereocenters. The van der Waals surface area contributed by atoms with Crippen molar-refractivity contribution in [3.05, 3.63) is 78.0 Å². The SMILES string of the molecule is CC(=Nc1nccc(N(C(=O)NCc2cccc(F)c2)c2ccc(F)cc2)n1)C(C)(C)O. The molecule has 2 amide bonds. The number of aliphatic imine (C=N–C) groups is 1. The van der Waals surface area contributed by atoms with E-state index in [2.05, 4.69) is 20.3 Å². The van der Waals surface area contributed by atoms with Crippen LogP contribution in [0.25, 0.3) is 0 Å². The second kappa shape index (κ2) is 9.61. The second-order valence-electron chi connectivity index (χ2n) is 7.57. The zero-order valence-electron chi connectivity index (χ0n) is 17.9. The summed E-state index contributed by atoms with van der Waals surface area (Å²) in [5, 5.41) is 12.8. The third-order valence-corrected chi connectivity index (χ3v) is 4.63. The molecular weight excluding hydrogens is 416 g/mol. The van der Waals surface area contributed by atoms with Crippen LogP contribution < -0.4 is 10.2 Å². The van der Waals surface area contributed by atoms with Crippen LogP contribution >= 0.6 is 0 Å². The Morgan fingerprint density at radius 3 is 2.50 bits per heavy atom. The highest BCUT2D eigenvalue weighted by molar-refractivity contribution is 5.98. The smallest absolute Gasteiger partial charge is 0.327 e. The maximum atomic E-state index is 13.5. The highest BCUT2D eigenvalue weighted by Gasteiger charge is 2.21. The number of carbonyl (C=O) groups excluding carboxylic acids is 1. The normalized spacial score (nSPS) is 11.9. The lowest BCUT2D eigenvalue weighted by Crippen LogP contribution is -2.37. The number of carbonyl (C=O) groups is 1. The second-order valence-corrected chi connectivity index (χ2v) is 7.57. The molecule has 32 heavy (non-hydrogen) atoms. The van der Waals surface area contributed by atoms with Gasteiger partial charge in [-0.25, -0.2) is 28.5 Å². The molecule has 0 aliphatic carbocycles. The highest BCUT2D eigenvalue weighted by atomic mass is 19.1. The van der Waals surface area contributed by atoms with Crippen molar-refractivity contribution in [1.29, 1.82) is 0 Å². The van der Waals surface area contributed by atoms with Crippen molar-refractivity contribution in [3.8, 4) is 0 Å². The average Bonchev–Trinajstić information content (AvgIpc) is 2.73. The summed E-state index contributed by atoms with van der Waals surface area (Å²) in [7, 11) is 0. The van der Waals surface area contributed by atoms with Gasteiger partial charge in [0.2, 0.25) is 0 Å². The van der Waals surface area contributed by atoms with Crippen molar-refractivity contribution in [1.82, 2.24) is 15.3 Å². The molecule has 2 aromatic carbocycles. The fourth-order valence-corrected chi connectivity index (χ4v) is 2.65. The molecule has 0 aliphatic rings. The van der Waals surface area contributed by atoms with Crippen molar-refractivity contribution in [2.24, 2.45) is 4.99 Å². The van der Waals surface area contributed by atoms with Gasteiger partial charge in [-0.3, -0.25) is 0 Å². The predicted octanol–water partition coefficient (Wildman–Crippen LogP) is 4.67. The number of rotatable bonds is 6. The van der Waals surface area contributed by atoms with Crippen LogP contribution in [0.5, 0.6) is 0 Å². The fourth-order valence-electron chi connectivity index (χ4n) is 2.65. The highest BCUT2D eigenvalue weighted by Crippen LogP contribution is 2.25. The van der Waals surface area contributed by atoms with Gasteiger partial charge < -0.3 is 10.4 Å². The number of hydrogen-bond donors (Lipinski definition) is 2. The molecular formula is C23H23F2N5O2. The lowest BCUT2D eigenvalue weighted by Gasteiger charge is -2.22. The third kappa shape index (κ3) is 5.92. The predicted molar refractivity (Wildman–Crippen MR) is 118 cm³/mol. The van der Waals surface area contributed by atoms with Crippen molar-refractivity contribution in [2.75, 3.05) is 4.90 Å². The van der Waals surface area contributed by atoms with E-state index in [0.29, 0.717) is 17.0 Å². The van der Waals surface area contributed by atoms with E-state index in [-0.39, 0.29) is 18.3 Å². The summed E-state index contributed by atoms with van der Waals surface area (Å²) in [5.74, 6) is -0.631. The van der Waals surface area contributed by atoms with Crippen molar-refractivity contribution < 1.29 is 18.7 Å². The van der Waals surface area contributed by atoms with E-state index in [1.54, 1.807) is 32.9 Å². The van der Waals surface area contributed by atoms with Crippen molar-refractivity contribution in [2.45, 2.75) is 32.9 Å². The number of urea groups is 1. The number of anilines is 2. The minimum Gasteiger partial charge on any atom is -0.385 e. The molecule has 0 saturated heterocycles. The molecule has 0 saturated carbocycles. The largest absolute Gasteiger partial charge is 0.385 e. The molecule has 0 atom stereocenters. The van der Waals surface area contributed by atoms with Crippen LogP contribution in [0.4, 0.5) is 31.0 Å². The maximum Gasteiger partial charge on any atom is 0.327 e. The summed E-state index contributed by atoms with van der Waals surface area (Å²) in [6.07, 6.45) is 1.43. The van der Waals surface area contributed by atoms with Crippen molar-refractivity contribution >= 4 is 29.2 Å². The molecule has 0 aliphatic heterocycles. The van der Waals surface area contributed by atoms with Gasteiger partial charge in [0.25, 0.3) is 5.95 Å². The lowest BCUT2D eigenvalue weighted by atomic mass is 10.1. The summed E-state index contributed by atoms with van der Waals surface area (Å²) < 4.78 is 26.9. The Morgan fingerprint density at radius 1 is 1.12 bits per heavy atom. The van der Waals surface area contributed by atoms with Crippen LogP contribution in [0.2, 0.25) is 0 Å². The van der Waals surface area contributed by atoms with E-state index in [9.17, 15) is 18.7 Å². The molecule has 9 heteroatoms. The molecule has 0 fully saturated rings. The van der Waals surface area contributed by atoms with Gasteiger partial charge in [0.15, 0.2) is 0 Å². The van der Waals surface area contributed by atoms with Crippen LogP contribution in [0.1, 0.15) is 26.3 Å². The van der Waals surface area contributed by atoms with E-state index in [1.165, 1.54) is 53.6 Å². The van der Waals surface area contributed by atoms with Gasteiger partial charge in [0.05, 0.1) is 11.3 Å². The number of aliphatic hydroxyl groups is 1. The van der Waals surface area contributed by atoms with Crippen LogP contribution in [0.15, 0.2) is 65.8 Å². The summed E-state index contributed by atoms with van der Waals surface area (Å²) in [6.45, 7) is 4.88. The Hall–Kier alpha value is -3.72. The van der Waals surface area contributed by atoms with Gasteiger partial charge in [0.1, 0.15) is 17.5 Å². The molecule has 1 aromatic heterocycles. The minimum absolute atomic E-state index is 0.0483. The van der Waals surface area contributed by atoms with Gasteiger partial charge in [0, 0.05) is 24.5 Å². The maximum absolute atomic E-state index is 13.5. The molecule has 1 heterocycles. The monoisotopic (exact) mass is 439 g/mol. The molecule has 3 aromatic rings. The van der Waals surface area contributed by atoms with Crippen LogP contribution in [0, 0.1) is 11.6 Å². The van der Waals surface area contributed by atoms with E-state index >= 15 is 0 Å². The van der Waals surface area contributed by atoms with E-state index < -0.39 is 23.3 Å². The quantitative estimate of drug-likeness (QED) is 0.547. The van der Waals surface area contributed by atoms with Gasteiger partial charge >= 0.3 is 6.03 Å². The Labute approximate surface area is 184 Å². The first kappa shape index (κ1) is 23.0. The van der Waals surface area contributed by atoms with E-state index in [0.717, 1.165) is 0 Å². The topological polar surface area (TPSA) is 90.7 Å². The Bertz CT molecular complexity index is 1130. The summed E-state index contributed by atoms with van der Waals surface area (Å²) >= 11 is 0. The Balaban J connectivity index is 1.94. The number of halogens is 2. The van der Waals surface area contributed by atoms with Gasteiger partial charge in [-0.2, -0.15) is 4.98 Å². The van der Waals surface area contributed by atoms with Crippen LogP contribution in [0.3, 0.4) is 0 Å². The fraction of sp³-hybridized carbons (Fsp3) is 0.217. The molecule has 166 valence electrons. The lowest BCUT2D eigenvalue weighted by molar-refractivity contribution is 0.153. The van der Waals surface area contributed by atoms with Gasteiger partial charge in [-0.15, -0.1) is 0 Å². The first-order valence-corrected chi connectivity index (χ1v) is 9.82. The number of nitrogens with one attached hydrogen (secondary N) is 1. The van der Waals surface area contributed by atoms with Gasteiger partial charge in [-0.1, -0.05) is 12.1 Å². The Morgan fingerprint density at radius 2 is 1.84 bits per heavy atom.